The third-order valence-electron chi connectivity index (χ3n) is 4.62. The minimum atomic E-state index is -0.287. The monoisotopic (exact) mass is 340 g/mol. The zero-order chi connectivity index (χ0) is 17.8. The van der Waals surface area contributed by atoms with Crippen LogP contribution in [0.25, 0.3) is 0 Å². The Morgan fingerprint density at radius 2 is 1.88 bits per heavy atom. The molecule has 1 fully saturated rings. The van der Waals surface area contributed by atoms with Crippen LogP contribution < -0.4 is 5.32 Å². The number of hydrogen-bond donors (Lipinski definition) is 1. The van der Waals surface area contributed by atoms with Gasteiger partial charge in [0.25, 0.3) is 5.91 Å². The van der Waals surface area contributed by atoms with Crippen LogP contribution in [0.1, 0.15) is 40.4 Å². The largest absolute Gasteiger partial charge is 0.343 e. The van der Waals surface area contributed by atoms with Gasteiger partial charge in [0.15, 0.2) is 0 Å². The molecule has 0 saturated carbocycles. The Labute approximate surface area is 146 Å². The van der Waals surface area contributed by atoms with Gasteiger partial charge in [-0.1, -0.05) is 30.3 Å². The van der Waals surface area contributed by atoms with E-state index in [1.807, 2.05) is 19.1 Å². The lowest BCUT2D eigenvalue weighted by Gasteiger charge is -2.25. The molecular weight excluding hydrogens is 319 g/mol. The van der Waals surface area contributed by atoms with E-state index in [1.165, 1.54) is 12.1 Å². The van der Waals surface area contributed by atoms with Crippen molar-refractivity contribution in [3.05, 3.63) is 71.0 Å². The van der Waals surface area contributed by atoms with Gasteiger partial charge in [-0.05, 0) is 49.1 Å². The summed E-state index contributed by atoms with van der Waals surface area (Å²) in [5.41, 5.74) is 2.38. The number of hydrogen-bond acceptors (Lipinski definition) is 2. The highest BCUT2D eigenvalue weighted by Crippen LogP contribution is 2.31. The zero-order valence-electron chi connectivity index (χ0n) is 14.2. The molecule has 0 spiro atoms. The quantitative estimate of drug-likeness (QED) is 0.929. The van der Waals surface area contributed by atoms with Crippen molar-refractivity contribution in [2.45, 2.75) is 25.8 Å². The van der Waals surface area contributed by atoms with Gasteiger partial charge in [-0.15, -0.1) is 0 Å². The normalized spacial score (nSPS) is 16.7. The molecule has 2 aromatic rings. The molecule has 2 amide bonds. The molecule has 0 bridgehead atoms. The van der Waals surface area contributed by atoms with E-state index >= 15 is 0 Å². The number of rotatable bonds is 4. The molecular formula is C20H21FN2O2. The number of nitrogens with one attached hydrogen (secondary N) is 1. The summed E-state index contributed by atoms with van der Waals surface area (Å²) in [5, 5.41) is 2.71. The third-order valence-corrected chi connectivity index (χ3v) is 4.62. The van der Waals surface area contributed by atoms with Crippen LogP contribution in [-0.2, 0) is 4.79 Å². The maximum absolute atomic E-state index is 13.1. The van der Waals surface area contributed by atoms with E-state index < -0.39 is 0 Å². The summed E-state index contributed by atoms with van der Waals surface area (Å²) < 4.78 is 13.1. The predicted octanol–water partition coefficient (Wildman–Crippen LogP) is 3.23. The van der Waals surface area contributed by atoms with Crippen LogP contribution in [0, 0.1) is 12.7 Å². The second-order valence-electron chi connectivity index (χ2n) is 6.29. The first-order valence-corrected chi connectivity index (χ1v) is 8.45. The Kier molecular flexibility index (Phi) is 5.12. The van der Waals surface area contributed by atoms with E-state index in [0.29, 0.717) is 12.1 Å². The fourth-order valence-electron chi connectivity index (χ4n) is 3.28. The van der Waals surface area contributed by atoms with Gasteiger partial charge >= 0.3 is 0 Å². The number of aryl methyl sites for hydroxylation is 1. The molecule has 5 heteroatoms. The second kappa shape index (κ2) is 7.47. The van der Waals surface area contributed by atoms with E-state index in [4.69, 9.17) is 0 Å². The zero-order valence-corrected chi connectivity index (χ0v) is 14.2. The van der Waals surface area contributed by atoms with Gasteiger partial charge in [0.2, 0.25) is 5.91 Å². The van der Waals surface area contributed by atoms with Crippen LogP contribution in [0.4, 0.5) is 4.39 Å². The third kappa shape index (κ3) is 3.87. The summed E-state index contributed by atoms with van der Waals surface area (Å²) in [5.74, 6) is -0.650. The van der Waals surface area contributed by atoms with E-state index in [1.54, 1.807) is 29.2 Å². The van der Waals surface area contributed by atoms with Gasteiger partial charge in [-0.2, -0.15) is 0 Å². The fourth-order valence-corrected chi connectivity index (χ4v) is 3.28. The molecule has 130 valence electrons. The van der Waals surface area contributed by atoms with Gasteiger partial charge in [0.1, 0.15) is 5.82 Å². The molecule has 1 saturated heterocycles. The molecule has 1 aliphatic heterocycles. The molecule has 1 unspecified atom stereocenters. The van der Waals surface area contributed by atoms with Gasteiger partial charge in [0.05, 0.1) is 12.6 Å². The van der Waals surface area contributed by atoms with Crippen molar-refractivity contribution in [2.75, 3.05) is 13.1 Å². The summed E-state index contributed by atoms with van der Waals surface area (Å²) in [7, 11) is 0. The fraction of sp³-hybridized carbons (Fsp3) is 0.300. The van der Waals surface area contributed by atoms with Gasteiger partial charge in [0, 0.05) is 12.1 Å². The Morgan fingerprint density at radius 3 is 2.60 bits per heavy atom. The molecule has 1 heterocycles. The minimum Gasteiger partial charge on any atom is -0.343 e. The number of carbonyl (C=O) groups excluding carboxylic acids is 2. The van der Waals surface area contributed by atoms with Crippen LogP contribution in [-0.4, -0.2) is 29.8 Å². The van der Waals surface area contributed by atoms with Crippen LogP contribution in [0.15, 0.2) is 48.5 Å². The Hall–Kier alpha value is -2.69. The lowest BCUT2D eigenvalue weighted by molar-refractivity contribution is -0.131. The second-order valence-corrected chi connectivity index (χ2v) is 6.29. The molecule has 2 aromatic carbocycles. The molecule has 1 N–H and O–H groups in total. The molecule has 0 aliphatic carbocycles. The molecule has 3 rings (SSSR count). The summed E-state index contributed by atoms with van der Waals surface area (Å²) >= 11 is 0. The summed E-state index contributed by atoms with van der Waals surface area (Å²) in [6.07, 6.45) is 1.75. The molecule has 1 atom stereocenters. The van der Waals surface area contributed by atoms with Crippen molar-refractivity contribution in [3.8, 4) is 0 Å². The lowest BCUT2D eigenvalue weighted by Crippen LogP contribution is -2.40. The van der Waals surface area contributed by atoms with Crippen LogP contribution >= 0.6 is 0 Å². The van der Waals surface area contributed by atoms with Crippen molar-refractivity contribution < 1.29 is 14.0 Å². The highest BCUT2D eigenvalue weighted by atomic mass is 19.1. The number of carbonyl (C=O) groups is 2. The van der Waals surface area contributed by atoms with Gasteiger partial charge < -0.3 is 10.2 Å². The highest BCUT2D eigenvalue weighted by Gasteiger charge is 2.29. The van der Waals surface area contributed by atoms with Crippen molar-refractivity contribution in [1.82, 2.24) is 10.2 Å². The maximum atomic E-state index is 13.1. The van der Waals surface area contributed by atoms with Gasteiger partial charge in [-0.25, -0.2) is 4.39 Å². The Balaban J connectivity index is 1.63. The average Bonchev–Trinajstić information content (AvgIpc) is 3.10. The van der Waals surface area contributed by atoms with Crippen LogP contribution in [0.3, 0.4) is 0 Å². The Morgan fingerprint density at radius 1 is 1.16 bits per heavy atom. The van der Waals surface area contributed by atoms with E-state index in [-0.39, 0.29) is 30.2 Å². The first-order chi connectivity index (χ1) is 12.1. The van der Waals surface area contributed by atoms with E-state index in [2.05, 4.69) is 5.32 Å². The highest BCUT2D eigenvalue weighted by molar-refractivity contribution is 5.97. The molecule has 25 heavy (non-hydrogen) atoms. The minimum absolute atomic E-state index is 0.0368. The number of likely N-dealkylation sites (tertiary alicyclic amines) is 1. The average molecular weight is 340 g/mol. The van der Waals surface area contributed by atoms with Crippen molar-refractivity contribution in [3.63, 3.8) is 0 Å². The lowest BCUT2D eigenvalue weighted by atomic mass is 10.0. The first-order valence-electron chi connectivity index (χ1n) is 8.45. The smallest absolute Gasteiger partial charge is 0.251 e. The van der Waals surface area contributed by atoms with E-state index in [9.17, 15) is 14.0 Å². The molecule has 0 radical (unpaired) electrons. The Bertz CT molecular complexity index is 774. The number of amides is 2. The standard InChI is InChI=1S/C20H21FN2O2/c1-14-5-2-3-6-17(14)20(25)22-13-19(24)23-12-4-7-18(23)15-8-10-16(21)11-9-15/h2-3,5-6,8-11,18H,4,7,12-13H2,1H3,(H,22,25). The predicted molar refractivity (Wildman–Crippen MR) is 93.6 cm³/mol. The van der Waals surface area contributed by atoms with Crippen molar-refractivity contribution in [1.29, 1.82) is 0 Å². The topological polar surface area (TPSA) is 49.4 Å². The summed E-state index contributed by atoms with van der Waals surface area (Å²) in [4.78, 5) is 26.6. The SMILES string of the molecule is Cc1ccccc1C(=O)NCC(=O)N1CCCC1c1ccc(F)cc1. The molecule has 4 nitrogen and oxygen atoms in total. The van der Waals surface area contributed by atoms with Crippen LogP contribution in [0.2, 0.25) is 0 Å². The molecule has 0 aromatic heterocycles. The molecule has 1 aliphatic rings. The first kappa shape index (κ1) is 17.1. The number of benzene rings is 2. The van der Waals surface area contributed by atoms with Crippen molar-refractivity contribution in [2.24, 2.45) is 0 Å². The van der Waals surface area contributed by atoms with Gasteiger partial charge in [-0.3, -0.25) is 9.59 Å². The summed E-state index contributed by atoms with van der Waals surface area (Å²) in [6, 6.07) is 13.5. The van der Waals surface area contributed by atoms with Crippen molar-refractivity contribution >= 4 is 11.8 Å². The summed E-state index contributed by atoms with van der Waals surface area (Å²) in [6.45, 7) is 2.48. The number of nitrogens with zero attached hydrogens (tertiary/aromatic N) is 1. The maximum Gasteiger partial charge on any atom is 0.251 e. The van der Waals surface area contributed by atoms with Crippen LogP contribution in [0.5, 0.6) is 0 Å². The number of halogens is 1. The van der Waals surface area contributed by atoms with E-state index in [0.717, 1.165) is 24.0 Å².